The molecule has 0 saturated heterocycles. The average molecular weight is 285 g/mol. The van der Waals surface area contributed by atoms with Crippen molar-refractivity contribution in [1.29, 1.82) is 0 Å². The van der Waals surface area contributed by atoms with Gasteiger partial charge in [-0.3, -0.25) is 0 Å². The smallest absolute Gasteiger partial charge is 0.158 e. The van der Waals surface area contributed by atoms with Gasteiger partial charge in [0.1, 0.15) is 12.4 Å². The van der Waals surface area contributed by atoms with Crippen molar-refractivity contribution in [1.82, 2.24) is 0 Å². The number of hydrogen-bond acceptors (Lipinski definition) is 4. The van der Waals surface area contributed by atoms with E-state index in [1.54, 1.807) is 20.8 Å². The zero-order valence-electron chi connectivity index (χ0n) is 12.3. The molecule has 2 N–H and O–H groups in total. The lowest BCUT2D eigenvalue weighted by Gasteiger charge is -2.20. The number of nitrogen functional groups attached to an aromatic ring is 1. The van der Waals surface area contributed by atoms with Crippen LogP contribution in [0.1, 0.15) is 31.9 Å². The molecule has 0 aliphatic rings. The van der Waals surface area contributed by atoms with E-state index in [9.17, 15) is 8.42 Å². The molecule has 0 aromatic heterocycles. The summed E-state index contributed by atoms with van der Waals surface area (Å²) < 4.78 is 28.8. The Hall–Kier alpha value is -1.23. The number of ether oxygens (including phenoxy) is 1. The van der Waals surface area contributed by atoms with Crippen molar-refractivity contribution in [2.75, 3.05) is 18.1 Å². The molecule has 5 heteroatoms. The molecular formula is C14H23NO3S. The first-order valence-corrected chi connectivity index (χ1v) is 7.91. The largest absolute Gasteiger partial charge is 0.492 e. The maximum Gasteiger partial charge on any atom is 0.158 e. The first-order chi connectivity index (χ1) is 8.54. The molecule has 0 radical (unpaired) electrons. The summed E-state index contributed by atoms with van der Waals surface area (Å²) in [5.74, 6) is 0.734. The van der Waals surface area contributed by atoms with Gasteiger partial charge in [0.05, 0.1) is 10.5 Å². The highest BCUT2D eigenvalue weighted by molar-refractivity contribution is 7.92. The van der Waals surface area contributed by atoms with Gasteiger partial charge < -0.3 is 10.5 Å². The fraction of sp³-hybridized carbons (Fsp3) is 0.571. The Morgan fingerprint density at radius 2 is 1.63 bits per heavy atom. The fourth-order valence-corrected chi connectivity index (χ4v) is 2.69. The van der Waals surface area contributed by atoms with Gasteiger partial charge in [0, 0.05) is 5.69 Å². The van der Waals surface area contributed by atoms with Crippen LogP contribution in [0.3, 0.4) is 0 Å². The number of benzene rings is 1. The number of aryl methyl sites for hydroxylation is 2. The van der Waals surface area contributed by atoms with Crippen molar-refractivity contribution in [2.45, 2.75) is 39.4 Å². The van der Waals surface area contributed by atoms with Crippen molar-refractivity contribution >= 4 is 15.5 Å². The van der Waals surface area contributed by atoms with Crippen molar-refractivity contribution in [2.24, 2.45) is 0 Å². The van der Waals surface area contributed by atoms with Crippen LogP contribution >= 0.6 is 0 Å². The monoisotopic (exact) mass is 285 g/mol. The van der Waals surface area contributed by atoms with Crippen molar-refractivity contribution in [3.05, 3.63) is 23.3 Å². The molecule has 108 valence electrons. The third-order valence-electron chi connectivity index (χ3n) is 3.01. The van der Waals surface area contributed by atoms with E-state index in [2.05, 4.69) is 0 Å². The Morgan fingerprint density at radius 1 is 1.16 bits per heavy atom. The molecule has 0 atom stereocenters. The summed E-state index contributed by atoms with van der Waals surface area (Å²) in [6, 6.07) is 3.64. The summed E-state index contributed by atoms with van der Waals surface area (Å²) in [6.07, 6.45) is 0. The van der Waals surface area contributed by atoms with Crippen LogP contribution in [0.2, 0.25) is 0 Å². The van der Waals surface area contributed by atoms with E-state index in [-0.39, 0.29) is 12.4 Å². The van der Waals surface area contributed by atoms with Crippen LogP contribution in [-0.4, -0.2) is 25.5 Å². The summed E-state index contributed by atoms with van der Waals surface area (Å²) in [4.78, 5) is 0. The molecule has 4 nitrogen and oxygen atoms in total. The standard InChI is InChI=1S/C14H23NO3S/c1-10-8-12(15)9-11(2)13(10)18-6-7-19(16,17)14(3,4)5/h8-9H,6-7,15H2,1-5H3. The molecule has 0 heterocycles. The lowest BCUT2D eigenvalue weighted by atomic mass is 10.1. The molecule has 19 heavy (non-hydrogen) atoms. The van der Waals surface area contributed by atoms with Crippen LogP contribution in [0.15, 0.2) is 12.1 Å². The first-order valence-electron chi connectivity index (χ1n) is 6.26. The zero-order chi connectivity index (χ0) is 14.8. The molecule has 0 saturated carbocycles. The highest BCUT2D eigenvalue weighted by Gasteiger charge is 2.28. The van der Waals surface area contributed by atoms with Crippen molar-refractivity contribution in [3.63, 3.8) is 0 Å². The third kappa shape index (κ3) is 3.86. The molecule has 1 aromatic rings. The van der Waals surface area contributed by atoms with Gasteiger partial charge in [-0.05, 0) is 57.9 Å². The molecule has 1 rings (SSSR count). The average Bonchev–Trinajstić information content (AvgIpc) is 2.20. The first kappa shape index (κ1) is 15.8. The van der Waals surface area contributed by atoms with Gasteiger partial charge in [-0.1, -0.05) is 0 Å². The summed E-state index contributed by atoms with van der Waals surface area (Å²) >= 11 is 0. The Bertz CT molecular complexity index is 534. The summed E-state index contributed by atoms with van der Waals surface area (Å²) in [7, 11) is -3.15. The quantitative estimate of drug-likeness (QED) is 0.863. The Morgan fingerprint density at radius 3 is 2.05 bits per heavy atom. The highest BCUT2D eigenvalue weighted by atomic mass is 32.2. The van der Waals surface area contributed by atoms with Gasteiger partial charge in [-0.2, -0.15) is 0 Å². The normalized spacial score (nSPS) is 12.5. The SMILES string of the molecule is Cc1cc(N)cc(C)c1OCCS(=O)(=O)C(C)(C)C. The number of rotatable bonds is 4. The molecule has 0 amide bonds. The third-order valence-corrected chi connectivity index (χ3v) is 5.58. The second kappa shape index (κ2) is 5.41. The molecule has 0 spiro atoms. The Kier molecular flexibility index (Phi) is 4.50. The maximum atomic E-state index is 12.0. The van der Waals surface area contributed by atoms with E-state index >= 15 is 0 Å². The van der Waals surface area contributed by atoms with E-state index in [1.807, 2.05) is 26.0 Å². The van der Waals surface area contributed by atoms with Crippen LogP contribution in [-0.2, 0) is 9.84 Å². The van der Waals surface area contributed by atoms with Crippen molar-refractivity contribution < 1.29 is 13.2 Å². The predicted molar refractivity (Wildman–Crippen MR) is 79.4 cm³/mol. The zero-order valence-corrected chi connectivity index (χ0v) is 13.1. The van der Waals surface area contributed by atoms with Gasteiger partial charge in [0.25, 0.3) is 0 Å². The lowest BCUT2D eigenvalue weighted by Crippen LogP contribution is -2.32. The van der Waals surface area contributed by atoms with E-state index < -0.39 is 14.6 Å². The minimum Gasteiger partial charge on any atom is -0.492 e. The molecule has 1 aromatic carbocycles. The van der Waals surface area contributed by atoms with Crippen LogP contribution in [0.5, 0.6) is 5.75 Å². The van der Waals surface area contributed by atoms with Crippen LogP contribution in [0.25, 0.3) is 0 Å². The second-order valence-corrected chi connectivity index (χ2v) is 8.63. The number of anilines is 1. The molecule has 0 aliphatic heterocycles. The molecule has 0 unspecified atom stereocenters. The Balaban J connectivity index is 2.75. The number of sulfone groups is 1. The number of nitrogens with two attached hydrogens (primary N) is 1. The van der Waals surface area contributed by atoms with Crippen LogP contribution in [0, 0.1) is 13.8 Å². The highest BCUT2D eigenvalue weighted by Crippen LogP contribution is 2.26. The summed E-state index contributed by atoms with van der Waals surface area (Å²) in [5.41, 5.74) is 8.26. The van der Waals surface area contributed by atoms with Crippen LogP contribution in [0.4, 0.5) is 5.69 Å². The lowest BCUT2D eigenvalue weighted by molar-refractivity contribution is 0.335. The fourth-order valence-electron chi connectivity index (χ4n) is 1.77. The summed E-state index contributed by atoms with van der Waals surface area (Å²) in [6.45, 7) is 9.05. The molecule has 0 fully saturated rings. The summed E-state index contributed by atoms with van der Waals surface area (Å²) in [5, 5.41) is 0. The van der Waals surface area contributed by atoms with Gasteiger partial charge in [-0.15, -0.1) is 0 Å². The van der Waals surface area contributed by atoms with Gasteiger partial charge in [0.2, 0.25) is 0 Å². The van der Waals surface area contributed by atoms with E-state index in [0.717, 1.165) is 16.9 Å². The van der Waals surface area contributed by atoms with E-state index in [0.29, 0.717) is 5.69 Å². The predicted octanol–water partition coefficient (Wildman–Crippen LogP) is 2.48. The van der Waals surface area contributed by atoms with Gasteiger partial charge in [-0.25, -0.2) is 8.42 Å². The molecular weight excluding hydrogens is 262 g/mol. The van der Waals surface area contributed by atoms with E-state index in [1.165, 1.54) is 0 Å². The topological polar surface area (TPSA) is 69.4 Å². The Labute approximate surface area is 115 Å². The number of hydrogen-bond donors (Lipinski definition) is 1. The maximum absolute atomic E-state index is 12.0. The van der Waals surface area contributed by atoms with Crippen molar-refractivity contribution in [3.8, 4) is 5.75 Å². The minimum absolute atomic E-state index is 0.0136. The molecule has 0 aliphatic carbocycles. The van der Waals surface area contributed by atoms with Crippen LogP contribution < -0.4 is 10.5 Å². The van der Waals surface area contributed by atoms with E-state index in [4.69, 9.17) is 10.5 Å². The molecule has 0 bridgehead atoms. The van der Waals surface area contributed by atoms with Gasteiger partial charge >= 0.3 is 0 Å². The van der Waals surface area contributed by atoms with Gasteiger partial charge in [0.15, 0.2) is 9.84 Å². The minimum atomic E-state index is -3.15. The second-order valence-electron chi connectivity index (χ2n) is 5.76.